The number of hydrogen-bond donors (Lipinski definition) is 2. The summed E-state index contributed by atoms with van der Waals surface area (Å²) < 4.78 is 43.4. The molecule has 19 heteroatoms. The quantitative estimate of drug-likeness (QED) is 0.0777. The number of aromatic nitrogens is 2. The number of fused-ring (bicyclic) bond motifs is 1. The van der Waals surface area contributed by atoms with E-state index in [2.05, 4.69) is 15.6 Å². The van der Waals surface area contributed by atoms with Gasteiger partial charge in [0.15, 0.2) is 16.7 Å². The number of halogens is 2. The molecule has 2 aromatic heterocycles. The second-order valence-corrected chi connectivity index (χ2v) is 16.6. The molecule has 2 aromatic carbocycles. The fraction of sp³-hybridized carbons (Fsp3) is 0.432. The van der Waals surface area contributed by atoms with E-state index in [1.165, 1.54) is 30.5 Å². The molecule has 1 atom stereocenters. The molecule has 16 nitrogen and oxygen atoms in total. The third kappa shape index (κ3) is 11.0. The summed E-state index contributed by atoms with van der Waals surface area (Å²) in [5, 5.41) is 8.84. The van der Waals surface area contributed by atoms with Crippen molar-refractivity contribution in [2.75, 3.05) is 65.2 Å². The molecule has 63 heavy (non-hydrogen) atoms. The highest BCUT2D eigenvalue weighted by Gasteiger charge is 2.47. The van der Waals surface area contributed by atoms with Gasteiger partial charge in [-0.15, -0.1) is 11.3 Å². The number of imide groups is 2. The van der Waals surface area contributed by atoms with Gasteiger partial charge in [-0.25, -0.2) is 14.4 Å². The van der Waals surface area contributed by atoms with Crippen molar-refractivity contribution in [1.29, 1.82) is 0 Å². The molecule has 3 aliphatic rings. The van der Waals surface area contributed by atoms with Gasteiger partial charge >= 0.3 is 0 Å². The molecule has 2 N–H and O–H groups in total. The van der Waals surface area contributed by atoms with E-state index >= 15 is 0 Å². The van der Waals surface area contributed by atoms with Crippen molar-refractivity contribution in [2.45, 2.75) is 57.1 Å². The molecule has 4 heterocycles. The second-order valence-electron chi connectivity index (χ2n) is 15.2. The summed E-state index contributed by atoms with van der Waals surface area (Å²) in [6.45, 7) is 2.01. The van der Waals surface area contributed by atoms with Crippen LogP contribution in [0.3, 0.4) is 0 Å². The summed E-state index contributed by atoms with van der Waals surface area (Å²) >= 11 is 7.43. The first-order valence-electron chi connectivity index (χ1n) is 20.7. The number of ether oxygens (including phenoxy) is 5. The van der Waals surface area contributed by atoms with Crippen LogP contribution in [0.15, 0.2) is 66.2 Å². The zero-order chi connectivity index (χ0) is 44.3. The zero-order valence-electron chi connectivity index (χ0n) is 34.6. The summed E-state index contributed by atoms with van der Waals surface area (Å²) in [5.74, 6) is -1.97. The molecule has 2 aliphatic heterocycles. The number of piperidine rings is 1. The van der Waals surface area contributed by atoms with Gasteiger partial charge in [-0.2, -0.15) is 0 Å². The Morgan fingerprint density at radius 3 is 2.33 bits per heavy atom. The minimum Gasteiger partial charge on any atom is -0.490 e. The number of likely N-dealkylation sites (N-methyl/N-ethyl adjacent to an activating group) is 1. The van der Waals surface area contributed by atoms with E-state index in [-0.39, 0.29) is 91.4 Å². The average molecular weight is 907 g/mol. The molecule has 1 aliphatic carbocycles. The van der Waals surface area contributed by atoms with Crippen molar-refractivity contribution >= 4 is 63.4 Å². The minimum atomic E-state index is -1.05. The maximum atomic E-state index is 14.6. The van der Waals surface area contributed by atoms with E-state index in [9.17, 15) is 28.4 Å². The SMILES string of the molecule is CN1C(=O)CCC(N2C(=O)c3cccc(OCCOCCOCCOCCNC(=O)C4(Cc5cccc(Nc6nccs6)n5)CCC(Oc5cccc(Cl)c5F)CC4)c3C2=O)C1=O. The third-order valence-corrected chi connectivity index (χ3v) is 12.2. The monoisotopic (exact) mass is 906 g/mol. The molecule has 5 amide bonds. The van der Waals surface area contributed by atoms with Crippen LogP contribution >= 0.6 is 22.9 Å². The highest BCUT2D eigenvalue weighted by atomic mass is 35.5. The van der Waals surface area contributed by atoms with E-state index in [1.54, 1.807) is 30.5 Å². The Labute approximate surface area is 372 Å². The lowest BCUT2D eigenvalue weighted by Gasteiger charge is -2.39. The molecular formula is C44H48ClFN6O10S. The minimum absolute atomic E-state index is 0.00986. The van der Waals surface area contributed by atoms with Crippen LogP contribution in [0, 0.1) is 11.2 Å². The van der Waals surface area contributed by atoms with Gasteiger partial charge in [0.1, 0.15) is 24.2 Å². The van der Waals surface area contributed by atoms with Gasteiger partial charge in [0, 0.05) is 43.7 Å². The highest BCUT2D eigenvalue weighted by Crippen LogP contribution is 2.41. The Balaban J connectivity index is 0.802. The molecule has 0 radical (unpaired) electrons. The van der Waals surface area contributed by atoms with Crippen LogP contribution in [0.2, 0.25) is 5.02 Å². The molecule has 1 saturated carbocycles. The molecule has 7 rings (SSSR count). The van der Waals surface area contributed by atoms with Gasteiger partial charge < -0.3 is 34.3 Å². The summed E-state index contributed by atoms with van der Waals surface area (Å²) in [4.78, 5) is 76.0. The number of carbonyl (C=O) groups excluding carboxylic acids is 5. The first-order valence-corrected chi connectivity index (χ1v) is 22.0. The topological polar surface area (TPSA) is 188 Å². The van der Waals surface area contributed by atoms with Crippen molar-refractivity contribution in [3.8, 4) is 11.5 Å². The van der Waals surface area contributed by atoms with Crippen molar-refractivity contribution in [2.24, 2.45) is 5.41 Å². The van der Waals surface area contributed by atoms with E-state index in [0.717, 1.165) is 15.5 Å². The lowest BCUT2D eigenvalue weighted by Crippen LogP contribution is -2.54. The Morgan fingerprint density at radius 2 is 1.59 bits per heavy atom. The van der Waals surface area contributed by atoms with Crippen LogP contribution in [0.25, 0.3) is 0 Å². The predicted molar refractivity (Wildman–Crippen MR) is 229 cm³/mol. The molecule has 1 saturated heterocycles. The standard InChI is InChI=1S/C44H48ClFN6O10S/c1-51-36(53)12-11-32(40(51)55)52-39(54)30-6-3-8-33(37(30)41(52)56)61-25-24-60-23-22-59-21-20-58-19-17-47-42(57)44(27-28-5-2-10-35(49-28)50-43-48-18-26-63-43)15-13-29(14-16-44)62-34-9-4-7-31(45)38(34)46/h2-10,18,26,29,32H,11-17,19-25,27H2,1H3,(H,47,57)(H,48,49,50). The van der Waals surface area contributed by atoms with Gasteiger partial charge in [0.05, 0.1) is 67.3 Å². The Hall–Kier alpha value is -5.53. The van der Waals surface area contributed by atoms with Crippen molar-refractivity contribution in [3.63, 3.8) is 0 Å². The molecular weight excluding hydrogens is 859 g/mol. The number of likely N-dealkylation sites (tertiary alicyclic amines) is 1. The van der Waals surface area contributed by atoms with Gasteiger partial charge in [0.2, 0.25) is 11.8 Å². The van der Waals surface area contributed by atoms with Crippen LogP contribution in [0.5, 0.6) is 11.5 Å². The van der Waals surface area contributed by atoms with Crippen molar-refractivity contribution in [3.05, 3.63) is 93.8 Å². The van der Waals surface area contributed by atoms with E-state index < -0.39 is 35.0 Å². The average Bonchev–Trinajstić information content (AvgIpc) is 3.89. The fourth-order valence-electron chi connectivity index (χ4n) is 7.88. The Bertz CT molecular complexity index is 2280. The van der Waals surface area contributed by atoms with E-state index in [1.807, 2.05) is 23.6 Å². The normalized spacial score (nSPS) is 19.9. The van der Waals surface area contributed by atoms with Crippen LogP contribution in [-0.2, 0) is 35.0 Å². The van der Waals surface area contributed by atoms with Gasteiger partial charge in [-0.1, -0.05) is 29.8 Å². The lowest BCUT2D eigenvalue weighted by atomic mass is 9.69. The highest BCUT2D eigenvalue weighted by molar-refractivity contribution is 7.13. The first kappa shape index (κ1) is 45.5. The number of anilines is 2. The summed E-state index contributed by atoms with van der Waals surface area (Å²) in [5.41, 5.74) is 0.200. The maximum absolute atomic E-state index is 14.6. The smallest absolute Gasteiger partial charge is 0.266 e. The molecule has 334 valence electrons. The first-order chi connectivity index (χ1) is 30.5. The summed E-state index contributed by atoms with van der Waals surface area (Å²) in [6, 6.07) is 13.9. The van der Waals surface area contributed by atoms with Crippen LogP contribution < -0.4 is 20.1 Å². The molecule has 2 fully saturated rings. The largest absolute Gasteiger partial charge is 0.490 e. The van der Waals surface area contributed by atoms with Crippen molar-refractivity contribution < 1.29 is 52.0 Å². The number of nitrogens with one attached hydrogen (secondary N) is 2. The van der Waals surface area contributed by atoms with E-state index in [0.29, 0.717) is 62.9 Å². The second kappa shape index (κ2) is 21.2. The van der Waals surface area contributed by atoms with Crippen LogP contribution in [0.1, 0.15) is 64.9 Å². The number of hydrogen-bond acceptors (Lipinski definition) is 14. The van der Waals surface area contributed by atoms with Crippen molar-refractivity contribution in [1.82, 2.24) is 25.1 Å². The zero-order valence-corrected chi connectivity index (χ0v) is 36.2. The number of thiazole rings is 1. The molecule has 4 aromatic rings. The van der Waals surface area contributed by atoms with Gasteiger partial charge in [0.25, 0.3) is 17.7 Å². The summed E-state index contributed by atoms with van der Waals surface area (Å²) in [7, 11) is 1.34. The van der Waals surface area contributed by atoms with E-state index in [4.69, 9.17) is 40.3 Å². The Morgan fingerprint density at radius 1 is 0.889 bits per heavy atom. The molecule has 0 spiro atoms. The number of rotatable bonds is 21. The number of carbonyl (C=O) groups is 5. The fourth-order valence-corrected chi connectivity index (χ4v) is 8.58. The maximum Gasteiger partial charge on any atom is 0.266 e. The van der Waals surface area contributed by atoms with Gasteiger partial charge in [-0.3, -0.25) is 33.8 Å². The van der Waals surface area contributed by atoms with Gasteiger partial charge in [-0.05, 0) is 68.5 Å². The summed E-state index contributed by atoms with van der Waals surface area (Å²) in [6.07, 6.45) is 4.02. The molecule has 1 unspecified atom stereocenters. The Kier molecular flexibility index (Phi) is 15.3. The third-order valence-electron chi connectivity index (χ3n) is 11.2. The van der Waals surface area contributed by atoms with Crippen LogP contribution in [-0.4, -0.2) is 121 Å². The molecule has 0 bridgehead atoms. The number of benzene rings is 2. The number of amides is 5. The number of nitrogens with zero attached hydrogens (tertiary/aromatic N) is 4. The number of pyridine rings is 1. The predicted octanol–water partition coefficient (Wildman–Crippen LogP) is 5.61. The van der Waals surface area contributed by atoms with Crippen LogP contribution in [0.4, 0.5) is 15.3 Å². The lowest BCUT2D eigenvalue weighted by molar-refractivity contribution is -0.149.